The molecule has 2 aliphatic heterocycles. The fraction of sp³-hybridized carbons (Fsp3) is 0.387. The van der Waals surface area contributed by atoms with Crippen molar-refractivity contribution in [3.8, 4) is 17.1 Å². The van der Waals surface area contributed by atoms with E-state index in [2.05, 4.69) is 41.1 Å². The Kier molecular flexibility index (Phi) is 10.2. The van der Waals surface area contributed by atoms with E-state index in [1.165, 1.54) is 29.4 Å². The molecule has 2 aliphatic rings. The van der Waals surface area contributed by atoms with E-state index < -0.39 is 18.0 Å². The molecule has 2 amide bonds. The number of benzene rings is 1. The molecule has 1 atom stereocenters. The van der Waals surface area contributed by atoms with Gasteiger partial charge < -0.3 is 25.3 Å². The maximum atomic E-state index is 13.7. The maximum absolute atomic E-state index is 13.7. The average Bonchev–Trinajstić information content (AvgIpc) is 3.81. The summed E-state index contributed by atoms with van der Waals surface area (Å²) in [5.41, 5.74) is 5.18. The van der Waals surface area contributed by atoms with Gasteiger partial charge in [-0.1, -0.05) is 18.2 Å². The van der Waals surface area contributed by atoms with Crippen LogP contribution in [-0.4, -0.2) is 131 Å². The van der Waals surface area contributed by atoms with Gasteiger partial charge >= 0.3 is 0 Å². The number of methoxy groups -OCH3 is 1. The number of Topliss-reactive ketones (excluding diaryl/α,β-unsaturated/α-hetero) is 1. The smallest absolute Gasteiger partial charge is 0.295 e. The molecular weight excluding hydrogens is 618 g/mol. The van der Waals surface area contributed by atoms with Crippen LogP contribution in [0.25, 0.3) is 22.3 Å². The van der Waals surface area contributed by atoms with Crippen LogP contribution in [0.3, 0.4) is 0 Å². The summed E-state index contributed by atoms with van der Waals surface area (Å²) in [6.45, 7) is 6.50. The molecule has 2 saturated heterocycles. The fourth-order valence-corrected chi connectivity index (χ4v) is 6.09. The van der Waals surface area contributed by atoms with Crippen molar-refractivity contribution in [2.45, 2.75) is 6.29 Å². The van der Waals surface area contributed by atoms with Crippen LogP contribution in [0.1, 0.15) is 20.8 Å². The minimum atomic E-state index is -0.685. The van der Waals surface area contributed by atoms with E-state index in [9.17, 15) is 14.4 Å². The Morgan fingerprint density at radius 3 is 2.54 bits per heavy atom. The molecule has 48 heavy (non-hydrogen) atoms. The summed E-state index contributed by atoms with van der Waals surface area (Å²) < 4.78 is 5.54. The zero-order valence-electron chi connectivity index (χ0n) is 26.7. The van der Waals surface area contributed by atoms with Gasteiger partial charge in [-0.05, 0) is 18.2 Å². The third kappa shape index (κ3) is 6.86. The van der Waals surface area contributed by atoms with E-state index in [0.29, 0.717) is 60.8 Å². The van der Waals surface area contributed by atoms with E-state index in [-0.39, 0.29) is 17.2 Å². The highest BCUT2D eigenvalue weighted by atomic mass is 16.5. The first-order chi connectivity index (χ1) is 23.4. The van der Waals surface area contributed by atoms with Gasteiger partial charge in [0.2, 0.25) is 0 Å². The number of piperazine rings is 2. The van der Waals surface area contributed by atoms with E-state index in [4.69, 9.17) is 16.4 Å². The van der Waals surface area contributed by atoms with Gasteiger partial charge in [-0.3, -0.25) is 40.1 Å². The lowest BCUT2D eigenvalue weighted by Gasteiger charge is -2.42. The zero-order chi connectivity index (χ0) is 33.6. The third-order valence-electron chi connectivity index (χ3n) is 8.74. The number of H-pyrrole nitrogens is 2. The molecular formula is C31H41N13O4. The highest BCUT2D eigenvalue weighted by Crippen LogP contribution is 2.34. The third-order valence-corrected chi connectivity index (χ3v) is 8.74. The summed E-state index contributed by atoms with van der Waals surface area (Å²) in [6, 6.07) is 11.0. The number of nitrogens with one attached hydrogen (secondary N) is 5. The number of para-hydroxylation sites is 1. The minimum absolute atomic E-state index is 0.151. The largest absolute Gasteiger partial charge is 0.494 e. The summed E-state index contributed by atoms with van der Waals surface area (Å²) in [6.07, 6.45) is 2.43. The number of rotatable bonds is 12. The second-order valence-electron chi connectivity index (χ2n) is 11.6. The molecule has 5 heterocycles. The number of hydrogen-bond donors (Lipinski definition) is 7. The van der Waals surface area contributed by atoms with Gasteiger partial charge in [-0.25, -0.2) is 16.3 Å². The topological polar surface area (TPSA) is 219 Å². The number of hydrazine groups is 2. The first kappa shape index (κ1) is 33.0. The number of nitrogens with zero attached hydrogens (tertiary/aromatic N) is 6. The van der Waals surface area contributed by atoms with Crippen LogP contribution in [-0.2, 0) is 4.79 Å². The van der Waals surface area contributed by atoms with Crippen LogP contribution in [0, 0.1) is 0 Å². The molecule has 17 heteroatoms. The number of fused-ring (bicyclic) bond motifs is 1. The summed E-state index contributed by atoms with van der Waals surface area (Å²) in [5.74, 6) is 10.9. The molecule has 0 saturated carbocycles. The Balaban J connectivity index is 1.13. The number of pyridine rings is 1. The predicted molar refractivity (Wildman–Crippen MR) is 179 cm³/mol. The summed E-state index contributed by atoms with van der Waals surface area (Å²) in [7, 11) is 1.47. The standard InChI is InChI=1S/C31H41N13O4/c1-48-24-19-37-26(22-17-23(40-39-22)29(46)35-9-12-41-10-7-34-8-11-41)27-25(24)21(18-36-27)28(45)30(47)42-13-15-43(16-14-42)31(38-32)44(33)20-5-3-2-4-6-20/h2-6,17-19,31,34,36,38H,7-16,32-33H2,1H3,(H,35,46)(H,39,40). The number of ketones is 1. The van der Waals surface area contributed by atoms with Crippen LogP contribution in [0.4, 0.5) is 5.69 Å². The first-order valence-electron chi connectivity index (χ1n) is 15.8. The normalized spacial score (nSPS) is 16.5. The number of amides is 2. The number of carbonyl (C=O) groups is 3. The van der Waals surface area contributed by atoms with Gasteiger partial charge in [0, 0.05) is 71.6 Å². The molecule has 0 aliphatic carbocycles. The highest BCUT2D eigenvalue weighted by molar-refractivity contribution is 6.45. The van der Waals surface area contributed by atoms with Gasteiger partial charge in [0.25, 0.3) is 17.6 Å². The lowest BCUT2D eigenvalue weighted by atomic mass is 10.1. The van der Waals surface area contributed by atoms with Gasteiger partial charge in [-0.2, -0.15) is 5.10 Å². The lowest BCUT2D eigenvalue weighted by Crippen LogP contribution is -2.65. The average molecular weight is 660 g/mol. The number of carbonyl (C=O) groups excluding carboxylic acids is 3. The molecule has 254 valence electrons. The summed E-state index contributed by atoms with van der Waals surface area (Å²) in [5, 5.41) is 15.3. The van der Waals surface area contributed by atoms with Crippen molar-refractivity contribution in [1.82, 2.24) is 50.9 Å². The summed E-state index contributed by atoms with van der Waals surface area (Å²) >= 11 is 0. The predicted octanol–water partition coefficient (Wildman–Crippen LogP) is -0.949. The van der Waals surface area contributed by atoms with Crippen molar-refractivity contribution in [3.63, 3.8) is 0 Å². The van der Waals surface area contributed by atoms with Crippen LogP contribution in [0.15, 0.2) is 48.8 Å². The van der Waals surface area contributed by atoms with Crippen LogP contribution >= 0.6 is 0 Å². The molecule has 1 unspecified atom stereocenters. The molecule has 2 fully saturated rings. The monoisotopic (exact) mass is 659 g/mol. The quantitative estimate of drug-likeness (QED) is 0.0321. The van der Waals surface area contributed by atoms with Crippen molar-refractivity contribution < 1.29 is 19.1 Å². The molecule has 17 nitrogen and oxygen atoms in total. The molecule has 9 N–H and O–H groups in total. The highest BCUT2D eigenvalue weighted by Gasteiger charge is 2.33. The number of nitrogens with two attached hydrogens (primary N) is 2. The second-order valence-corrected chi connectivity index (χ2v) is 11.6. The molecule has 6 rings (SSSR count). The van der Waals surface area contributed by atoms with Crippen molar-refractivity contribution in [1.29, 1.82) is 0 Å². The van der Waals surface area contributed by atoms with Gasteiger partial charge in [0.05, 0.1) is 35.5 Å². The van der Waals surface area contributed by atoms with Crippen molar-refractivity contribution >= 4 is 34.2 Å². The fourth-order valence-electron chi connectivity index (χ4n) is 6.09. The number of aromatic amines is 2. The van der Waals surface area contributed by atoms with Crippen LogP contribution < -0.4 is 37.5 Å². The Hall–Kier alpha value is -4.91. The molecule has 1 aromatic carbocycles. The number of hydrogen-bond acceptors (Lipinski definition) is 13. The van der Waals surface area contributed by atoms with E-state index in [1.807, 2.05) is 35.2 Å². The summed E-state index contributed by atoms with van der Waals surface area (Å²) in [4.78, 5) is 53.4. The van der Waals surface area contributed by atoms with Gasteiger partial charge in [0.1, 0.15) is 22.8 Å². The molecule has 4 aromatic rings. The van der Waals surface area contributed by atoms with Gasteiger partial charge in [-0.15, -0.1) is 0 Å². The minimum Gasteiger partial charge on any atom is -0.494 e. The Morgan fingerprint density at radius 1 is 1.08 bits per heavy atom. The second kappa shape index (κ2) is 14.9. The Bertz CT molecular complexity index is 1730. The van der Waals surface area contributed by atoms with E-state index in [1.54, 1.807) is 6.07 Å². The molecule has 0 bridgehead atoms. The van der Waals surface area contributed by atoms with Crippen LogP contribution in [0.2, 0.25) is 0 Å². The SMILES string of the molecule is COc1cnc(-c2cc(C(=O)NCCN3CCNCC3)[nH]n2)c2[nH]cc(C(=O)C(=O)N3CCN(C(NN)N(N)c4ccccc4)CC3)c12. The molecule has 3 aromatic heterocycles. The Labute approximate surface area is 276 Å². The number of aromatic nitrogens is 4. The Morgan fingerprint density at radius 2 is 1.83 bits per heavy atom. The van der Waals surface area contributed by atoms with Crippen LogP contribution in [0.5, 0.6) is 5.75 Å². The van der Waals surface area contributed by atoms with E-state index in [0.717, 1.165) is 38.4 Å². The molecule has 0 spiro atoms. The first-order valence-corrected chi connectivity index (χ1v) is 15.8. The maximum Gasteiger partial charge on any atom is 0.295 e. The van der Waals surface area contributed by atoms with Crippen molar-refractivity contribution in [2.75, 3.05) is 77.6 Å². The van der Waals surface area contributed by atoms with Gasteiger partial charge in [0.15, 0.2) is 6.29 Å². The number of anilines is 1. The zero-order valence-corrected chi connectivity index (χ0v) is 26.7. The lowest BCUT2D eigenvalue weighted by molar-refractivity contribution is -0.128. The van der Waals surface area contributed by atoms with Crippen molar-refractivity contribution in [3.05, 3.63) is 60.0 Å². The number of ether oxygens (including phenoxy) is 1. The van der Waals surface area contributed by atoms with Crippen molar-refractivity contribution in [2.24, 2.45) is 11.7 Å². The molecule has 0 radical (unpaired) electrons. The van der Waals surface area contributed by atoms with E-state index >= 15 is 0 Å².